The molecule has 0 saturated heterocycles. The lowest BCUT2D eigenvalue weighted by Crippen LogP contribution is -2.34. The first kappa shape index (κ1) is 26.3. The quantitative estimate of drug-likeness (QED) is 0.379. The van der Waals surface area contributed by atoms with Crippen LogP contribution in [-0.2, 0) is 22.4 Å². The summed E-state index contributed by atoms with van der Waals surface area (Å²) in [5.74, 6) is -1.51. The van der Waals surface area contributed by atoms with Crippen molar-refractivity contribution in [2.24, 2.45) is 17.4 Å². The maximum Gasteiger partial charge on any atom is 0.404 e. The number of ether oxygens (including phenoxy) is 1. The van der Waals surface area contributed by atoms with Crippen molar-refractivity contribution in [1.82, 2.24) is 15.3 Å². The molecule has 6 N–H and O–H groups in total. The third-order valence-electron chi connectivity index (χ3n) is 4.80. The van der Waals surface area contributed by atoms with Crippen LogP contribution in [0.1, 0.15) is 35.6 Å². The normalized spacial score (nSPS) is 11.4. The van der Waals surface area contributed by atoms with Crippen molar-refractivity contribution < 1.29 is 23.5 Å². The maximum absolute atomic E-state index is 14.3. The van der Waals surface area contributed by atoms with Crippen molar-refractivity contribution in [1.29, 1.82) is 0 Å². The molecule has 3 amide bonds. The fraction of sp³-hybridized carbons (Fsp3) is 0.409. The van der Waals surface area contributed by atoms with Crippen LogP contribution >= 0.6 is 0 Å². The van der Waals surface area contributed by atoms with Gasteiger partial charge in [0.15, 0.2) is 17.3 Å². The van der Waals surface area contributed by atoms with Crippen LogP contribution in [-0.4, -0.2) is 55.1 Å². The summed E-state index contributed by atoms with van der Waals surface area (Å²) in [6, 6.07) is 4.26. The summed E-state index contributed by atoms with van der Waals surface area (Å²) in [4.78, 5) is 45.3. The Balaban J connectivity index is 2.16. The van der Waals surface area contributed by atoms with Gasteiger partial charge in [-0.15, -0.1) is 0 Å². The van der Waals surface area contributed by atoms with Gasteiger partial charge in [0.1, 0.15) is 12.4 Å². The van der Waals surface area contributed by atoms with Gasteiger partial charge in [-0.05, 0) is 36.6 Å². The predicted octanol–water partition coefficient (Wildman–Crippen LogP) is 1.48. The number of nitrogens with one attached hydrogen (secondary N) is 2. The van der Waals surface area contributed by atoms with Gasteiger partial charge in [0, 0.05) is 26.3 Å². The highest BCUT2D eigenvalue weighted by atomic mass is 19.1. The zero-order valence-corrected chi connectivity index (χ0v) is 19.6. The molecule has 0 spiro atoms. The monoisotopic (exact) mass is 475 g/mol. The average Bonchev–Trinajstić information content (AvgIpc) is 2.76. The Morgan fingerprint density at radius 2 is 1.88 bits per heavy atom. The van der Waals surface area contributed by atoms with Gasteiger partial charge in [-0.3, -0.25) is 9.59 Å². The number of aromatic nitrogens is 2. The standard InChI is InChI=1S/C22H30FN7O4/c1-5-16-20(30(3)4)29-19(17(28-16)18(24)31)27-15-9-13(8-14(23)10-15)6-7-26-21(32)12(2)11-34-22(25)33/h8-10,12H,5-7,11H2,1-4H3,(H2,24,31)(H2,25,33)(H,26,32)(H,27,29)/t12-/m0/s1. The molecular weight excluding hydrogens is 445 g/mol. The van der Waals surface area contributed by atoms with Gasteiger partial charge >= 0.3 is 6.09 Å². The lowest BCUT2D eigenvalue weighted by Gasteiger charge is -2.18. The van der Waals surface area contributed by atoms with E-state index in [1.54, 1.807) is 32.0 Å². The van der Waals surface area contributed by atoms with Crippen molar-refractivity contribution in [3.63, 3.8) is 0 Å². The van der Waals surface area contributed by atoms with Crippen molar-refractivity contribution >= 4 is 35.2 Å². The van der Waals surface area contributed by atoms with E-state index in [0.717, 1.165) is 0 Å². The maximum atomic E-state index is 14.3. The van der Waals surface area contributed by atoms with E-state index in [9.17, 15) is 18.8 Å². The van der Waals surface area contributed by atoms with E-state index in [1.807, 2.05) is 6.92 Å². The molecule has 0 saturated carbocycles. The van der Waals surface area contributed by atoms with Gasteiger partial charge < -0.3 is 31.7 Å². The molecule has 1 atom stereocenters. The minimum absolute atomic E-state index is 0.0484. The second-order valence-electron chi connectivity index (χ2n) is 7.85. The summed E-state index contributed by atoms with van der Waals surface area (Å²) >= 11 is 0. The summed E-state index contributed by atoms with van der Waals surface area (Å²) in [5, 5.41) is 5.63. The first-order valence-corrected chi connectivity index (χ1v) is 10.7. The second-order valence-corrected chi connectivity index (χ2v) is 7.85. The molecule has 0 fully saturated rings. The summed E-state index contributed by atoms with van der Waals surface area (Å²) in [5.41, 5.74) is 11.9. The topological polar surface area (TPSA) is 166 Å². The number of hydrogen-bond donors (Lipinski definition) is 4. The van der Waals surface area contributed by atoms with Crippen molar-refractivity contribution in [2.45, 2.75) is 26.7 Å². The molecule has 1 aromatic carbocycles. The zero-order chi connectivity index (χ0) is 25.4. The van der Waals surface area contributed by atoms with Crippen LogP contribution in [0.5, 0.6) is 0 Å². The molecule has 0 aliphatic carbocycles. The lowest BCUT2D eigenvalue weighted by atomic mass is 10.1. The van der Waals surface area contributed by atoms with Crippen LogP contribution in [0.2, 0.25) is 0 Å². The molecule has 2 aromatic rings. The molecule has 34 heavy (non-hydrogen) atoms. The molecule has 184 valence electrons. The van der Waals surface area contributed by atoms with E-state index in [0.29, 0.717) is 35.6 Å². The van der Waals surface area contributed by atoms with E-state index in [4.69, 9.17) is 11.5 Å². The predicted molar refractivity (Wildman–Crippen MR) is 125 cm³/mol. The number of anilines is 3. The number of carbonyl (C=O) groups is 3. The molecule has 0 radical (unpaired) electrons. The van der Waals surface area contributed by atoms with Crippen LogP contribution in [0.15, 0.2) is 18.2 Å². The molecular formula is C22H30FN7O4. The smallest absolute Gasteiger partial charge is 0.404 e. The van der Waals surface area contributed by atoms with Crippen molar-refractivity contribution in [2.75, 3.05) is 37.5 Å². The number of nitrogens with zero attached hydrogens (tertiary/aromatic N) is 3. The molecule has 1 heterocycles. The fourth-order valence-corrected chi connectivity index (χ4v) is 3.11. The first-order valence-electron chi connectivity index (χ1n) is 10.7. The van der Waals surface area contributed by atoms with Crippen LogP contribution < -0.4 is 27.0 Å². The average molecular weight is 476 g/mol. The van der Waals surface area contributed by atoms with Crippen molar-refractivity contribution in [3.05, 3.63) is 41.0 Å². The highest BCUT2D eigenvalue weighted by Crippen LogP contribution is 2.25. The van der Waals surface area contributed by atoms with Crippen LogP contribution in [0, 0.1) is 11.7 Å². The Labute approximate surface area is 197 Å². The molecule has 11 nitrogen and oxygen atoms in total. The highest BCUT2D eigenvalue weighted by Gasteiger charge is 2.19. The molecule has 12 heteroatoms. The van der Waals surface area contributed by atoms with Gasteiger partial charge in [-0.1, -0.05) is 13.8 Å². The third-order valence-corrected chi connectivity index (χ3v) is 4.80. The SMILES string of the molecule is CCc1nc(C(N)=O)c(Nc2cc(F)cc(CCNC(=O)[C@@H](C)COC(N)=O)c2)nc1N(C)C. The highest BCUT2D eigenvalue weighted by molar-refractivity contribution is 5.96. The Kier molecular flexibility index (Phi) is 9.10. The lowest BCUT2D eigenvalue weighted by molar-refractivity contribution is -0.125. The Bertz CT molecular complexity index is 1060. The van der Waals surface area contributed by atoms with Gasteiger partial charge in [0.05, 0.1) is 11.6 Å². The number of primary amides is 2. The summed E-state index contributed by atoms with van der Waals surface area (Å²) in [6.45, 7) is 3.57. The van der Waals surface area contributed by atoms with Gasteiger partial charge in [-0.2, -0.15) is 0 Å². The number of carbonyl (C=O) groups excluding carboxylic acids is 3. The number of nitrogens with two attached hydrogens (primary N) is 2. The Hall–Kier alpha value is -3.96. The molecule has 1 aromatic heterocycles. The largest absolute Gasteiger partial charge is 0.449 e. The van der Waals surface area contributed by atoms with E-state index < -0.39 is 23.7 Å². The van der Waals surface area contributed by atoms with Gasteiger partial charge in [0.25, 0.3) is 5.91 Å². The minimum Gasteiger partial charge on any atom is -0.449 e. The van der Waals surface area contributed by atoms with Crippen LogP contribution in [0.4, 0.5) is 26.5 Å². The Morgan fingerprint density at radius 3 is 2.47 bits per heavy atom. The van der Waals surface area contributed by atoms with E-state index in [1.165, 1.54) is 12.1 Å². The first-order chi connectivity index (χ1) is 16.0. The van der Waals surface area contributed by atoms with E-state index >= 15 is 0 Å². The van der Waals surface area contributed by atoms with Crippen LogP contribution in [0.25, 0.3) is 0 Å². The zero-order valence-electron chi connectivity index (χ0n) is 19.6. The molecule has 0 unspecified atom stereocenters. The van der Waals surface area contributed by atoms with Crippen molar-refractivity contribution in [3.8, 4) is 0 Å². The number of amides is 3. The molecule has 2 rings (SSSR count). The number of rotatable bonds is 11. The molecule has 0 aliphatic rings. The Morgan fingerprint density at radius 1 is 1.18 bits per heavy atom. The molecule has 0 aliphatic heterocycles. The van der Waals surface area contributed by atoms with Gasteiger partial charge in [-0.25, -0.2) is 19.2 Å². The van der Waals surface area contributed by atoms with Crippen LogP contribution in [0.3, 0.4) is 0 Å². The number of benzene rings is 1. The summed E-state index contributed by atoms with van der Waals surface area (Å²) in [7, 11) is 3.60. The summed E-state index contributed by atoms with van der Waals surface area (Å²) < 4.78 is 18.9. The minimum atomic E-state index is -0.953. The number of halogens is 1. The summed E-state index contributed by atoms with van der Waals surface area (Å²) in [6.07, 6.45) is -0.0802. The van der Waals surface area contributed by atoms with E-state index in [2.05, 4.69) is 25.3 Å². The number of hydrogen-bond acceptors (Lipinski definition) is 8. The fourth-order valence-electron chi connectivity index (χ4n) is 3.11. The van der Waals surface area contributed by atoms with Gasteiger partial charge in [0.2, 0.25) is 5.91 Å². The van der Waals surface area contributed by atoms with E-state index in [-0.39, 0.29) is 30.6 Å². The second kappa shape index (κ2) is 11.8. The third kappa shape index (κ3) is 7.29. The molecule has 0 bridgehead atoms. The number of aryl methyl sites for hydroxylation is 1.